The van der Waals surface area contributed by atoms with Crippen molar-refractivity contribution in [2.24, 2.45) is 5.92 Å². The highest BCUT2D eigenvalue weighted by Gasteiger charge is 2.26. The molecule has 13 heavy (non-hydrogen) atoms. The molecule has 0 N–H and O–H groups in total. The van der Waals surface area contributed by atoms with E-state index in [4.69, 9.17) is 14.7 Å². The molecule has 1 aliphatic heterocycles. The lowest BCUT2D eigenvalue weighted by molar-refractivity contribution is 0.0454. The van der Waals surface area contributed by atoms with Gasteiger partial charge in [-0.2, -0.15) is 5.26 Å². The lowest BCUT2D eigenvalue weighted by atomic mass is 10.1. The van der Waals surface area contributed by atoms with Crippen molar-refractivity contribution < 1.29 is 14.3 Å². The predicted octanol–water partition coefficient (Wildman–Crippen LogP) is 0.225. The summed E-state index contributed by atoms with van der Waals surface area (Å²) in [5.41, 5.74) is 0. The molecule has 5 heteroatoms. The van der Waals surface area contributed by atoms with Gasteiger partial charge >= 0.3 is 6.09 Å². The summed E-state index contributed by atoms with van der Waals surface area (Å²) in [5, 5.41) is 8.62. The molecular formula is C8H12N2O3. The molecule has 0 aliphatic carbocycles. The van der Waals surface area contributed by atoms with Crippen molar-refractivity contribution in [3.8, 4) is 6.07 Å². The zero-order valence-corrected chi connectivity index (χ0v) is 7.52. The summed E-state index contributed by atoms with van der Waals surface area (Å²) in [6.45, 7) is 1.60. The van der Waals surface area contributed by atoms with Crippen LogP contribution < -0.4 is 0 Å². The number of nitrogens with zero attached hydrogens (tertiary/aromatic N) is 2. The van der Waals surface area contributed by atoms with Crippen LogP contribution in [0.5, 0.6) is 0 Å². The maximum atomic E-state index is 11.1. The van der Waals surface area contributed by atoms with E-state index in [0.717, 1.165) is 0 Å². The molecule has 0 aromatic carbocycles. The number of hydrogen-bond acceptors (Lipinski definition) is 4. The molecule has 1 saturated heterocycles. The third-order valence-corrected chi connectivity index (χ3v) is 1.85. The summed E-state index contributed by atoms with van der Waals surface area (Å²) < 4.78 is 9.63. The van der Waals surface area contributed by atoms with Gasteiger partial charge in [0.25, 0.3) is 0 Å². The molecule has 5 nitrogen and oxygen atoms in total. The Bertz CT molecular complexity index is 224. The fraction of sp³-hybridized carbons (Fsp3) is 0.750. The van der Waals surface area contributed by atoms with Gasteiger partial charge < -0.3 is 14.4 Å². The van der Waals surface area contributed by atoms with Gasteiger partial charge in [-0.3, -0.25) is 0 Å². The number of carbonyl (C=O) groups is 1. The van der Waals surface area contributed by atoms with Crippen molar-refractivity contribution >= 4 is 6.09 Å². The molecule has 1 heterocycles. The van der Waals surface area contributed by atoms with Crippen LogP contribution in [-0.4, -0.2) is 44.4 Å². The van der Waals surface area contributed by atoms with Gasteiger partial charge in [0.05, 0.1) is 18.6 Å². The van der Waals surface area contributed by atoms with E-state index in [2.05, 4.69) is 6.07 Å². The molecule has 0 radical (unpaired) electrons. The largest absolute Gasteiger partial charge is 0.448 e. The highest BCUT2D eigenvalue weighted by atomic mass is 16.6. The first-order valence-corrected chi connectivity index (χ1v) is 4.08. The molecule has 1 amide bonds. The highest BCUT2D eigenvalue weighted by molar-refractivity contribution is 5.68. The Morgan fingerprint density at radius 3 is 3.23 bits per heavy atom. The van der Waals surface area contributed by atoms with E-state index in [9.17, 15) is 4.79 Å². The lowest BCUT2D eigenvalue weighted by Gasteiger charge is -2.28. The molecule has 1 atom stereocenters. The van der Waals surface area contributed by atoms with Gasteiger partial charge in [-0.1, -0.05) is 0 Å². The number of cyclic esters (lactones) is 1. The summed E-state index contributed by atoms with van der Waals surface area (Å²) in [6.07, 6.45) is -0.358. The molecule has 0 bridgehead atoms. The maximum absolute atomic E-state index is 11.1. The third kappa shape index (κ3) is 2.60. The fourth-order valence-electron chi connectivity index (χ4n) is 1.12. The van der Waals surface area contributed by atoms with Gasteiger partial charge in [0.1, 0.15) is 6.61 Å². The smallest absolute Gasteiger partial charge is 0.409 e. The quantitative estimate of drug-likeness (QED) is 0.629. The van der Waals surface area contributed by atoms with Crippen LogP contribution in [0.15, 0.2) is 0 Å². The van der Waals surface area contributed by atoms with Crippen molar-refractivity contribution in [3.63, 3.8) is 0 Å². The zero-order chi connectivity index (χ0) is 9.68. The topological polar surface area (TPSA) is 62.6 Å². The summed E-state index contributed by atoms with van der Waals surface area (Å²) >= 11 is 0. The zero-order valence-electron chi connectivity index (χ0n) is 7.52. The van der Waals surface area contributed by atoms with E-state index in [-0.39, 0.29) is 18.6 Å². The molecule has 0 aromatic rings. The maximum Gasteiger partial charge on any atom is 0.409 e. The SMILES string of the molecule is COCCN1CC(C#N)COC1=O. The van der Waals surface area contributed by atoms with Crippen LogP contribution in [0.2, 0.25) is 0 Å². The first-order chi connectivity index (χ1) is 6.27. The highest BCUT2D eigenvalue weighted by Crippen LogP contribution is 2.09. The van der Waals surface area contributed by atoms with Crippen molar-refractivity contribution in [2.75, 3.05) is 33.4 Å². The number of amides is 1. The molecule has 0 spiro atoms. The first kappa shape index (κ1) is 9.81. The van der Waals surface area contributed by atoms with E-state index in [1.165, 1.54) is 4.90 Å². The lowest BCUT2D eigenvalue weighted by Crippen LogP contribution is -2.44. The van der Waals surface area contributed by atoms with Gasteiger partial charge in [0.2, 0.25) is 0 Å². The minimum atomic E-state index is -0.358. The number of rotatable bonds is 3. The van der Waals surface area contributed by atoms with Gasteiger partial charge in [-0.15, -0.1) is 0 Å². The second-order valence-electron chi connectivity index (χ2n) is 2.84. The molecular weight excluding hydrogens is 172 g/mol. The average molecular weight is 184 g/mol. The van der Waals surface area contributed by atoms with Gasteiger partial charge in [0.15, 0.2) is 0 Å². The van der Waals surface area contributed by atoms with Crippen LogP contribution in [0.1, 0.15) is 0 Å². The Morgan fingerprint density at radius 2 is 2.62 bits per heavy atom. The minimum Gasteiger partial charge on any atom is -0.448 e. The van der Waals surface area contributed by atoms with E-state index in [0.29, 0.717) is 19.7 Å². The summed E-state index contributed by atoms with van der Waals surface area (Å²) in [4.78, 5) is 12.6. The van der Waals surface area contributed by atoms with E-state index in [1.54, 1.807) is 7.11 Å². The fourth-order valence-corrected chi connectivity index (χ4v) is 1.12. The summed E-state index contributed by atoms with van der Waals surface area (Å²) in [5.74, 6) is -0.213. The van der Waals surface area contributed by atoms with Crippen molar-refractivity contribution in [3.05, 3.63) is 0 Å². The molecule has 0 saturated carbocycles. The van der Waals surface area contributed by atoms with E-state index >= 15 is 0 Å². The van der Waals surface area contributed by atoms with Crippen LogP contribution in [0, 0.1) is 17.2 Å². The Kier molecular flexibility index (Phi) is 3.53. The Balaban J connectivity index is 2.41. The number of carbonyl (C=O) groups excluding carboxylic acids is 1. The van der Waals surface area contributed by atoms with Gasteiger partial charge in [0, 0.05) is 20.2 Å². The van der Waals surface area contributed by atoms with E-state index < -0.39 is 0 Å². The van der Waals surface area contributed by atoms with Gasteiger partial charge in [-0.05, 0) is 0 Å². The van der Waals surface area contributed by atoms with Crippen molar-refractivity contribution in [1.29, 1.82) is 5.26 Å². The molecule has 1 fully saturated rings. The van der Waals surface area contributed by atoms with Crippen LogP contribution in [0.4, 0.5) is 4.79 Å². The van der Waals surface area contributed by atoms with Crippen molar-refractivity contribution in [1.82, 2.24) is 4.90 Å². The van der Waals surface area contributed by atoms with Crippen LogP contribution in [0.3, 0.4) is 0 Å². The second kappa shape index (κ2) is 4.67. The molecule has 1 aliphatic rings. The predicted molar refractivity (Wildman–Crippen MR) is 43.9 cm³/mol. The normalized spacial score (nSPS) is 22.3. The molecule has 72 valence electrons. The second-order valence-corrected chi connectivity index (χ2v) is 2.84. The van der Waals surface area contributed by atoms with Crippen molar-refractivity contribution in [2.45, 2.75) is 0 Å². The number of hydrogen-bond donors (Lipinski definition) is 0. The average Bonchev–Trinajstić information content (AvgIpc) is 2.17. The van der Waals surface area contributed by atoms with Crippen LogP contribution in [0.25, 0.3) is 0 Å². The number of nitriles is 1. The minimum absolute atomic E-state index is 0.207. The van der Waals surface area contributed by atoms with Gasteiger partial charge in [-0.25, -0.2) is 4.79 Å². The molecule has 0 aromatic heterocycles. The third-order valence-electron chi connectivity index (χ3n) is 1.85. The van der Waals surface area contributed by atoms with Crippen LogP contribution >= 0.6 is 0 Å². The summed E-state index contributed by atoms with van der Waals surface area (Å²) in [7, 11) is 1.57. The van der Waals surface area contributed by atoms with Crippen LogP contribution in [-0.2, 0) is 9.47 Å². The Morgan fingerprint density at radius 1 is 1.85 bits per heavy atom. The Labute approximate surface area is 76.8 Å². The number of methoxy groups -OCH3 is 1. The molecule has 1 unspecified atom stereocenters. The standard InChI is InChI=1S/C8H12N2O3/c1-12-3-2-10-5-7(4-9)6-13-8(10)11/h7H,2-3,5-6H2,1H3. The molecule has 1 rings (SSSR count). The first-order valence-electron chi connectivity index (χ1n) is 4.08. The Hall–Kier alpha value is -1.28. The number of ether oxygens (including phenoxy) is 2. The summed E-state index contributed by atoms with van der Waals surface area (Å²) in [6, 6.07) is 2.07. The van der Waals surface area contributed by atoms with E-state index in [1.807, 2.05) is 0 Å². The monoisotopic (exact) mass is 184 g/mol.